The fourth-order valence-electron chi connectivity index (χ4n) is 3.95. The van der Waals surface area contributed by atoms with Crippen molar-refractivity contribution in [3.05, 3.63) is 166 Å². The molecule has 1 N–H and O–H groups in total. The Bertz CT molecular complexity index is 1560. The number of amides is 2. The van der Waals surface area contributed by atoms with Crippen LogP contribution in [0.3, 0.4) is 0 Å². The van der Waals surface area contributed by atoms with Crippen LogP contribution >= 0.6 is 0 Å². The molecule has 0 radical (unpaired) electrons. The van der Waals surface area contributed by atoms with Gasteiger partial charge >= 0.3 is 51.4 Å². The number of pyridine rings is 1. The van der Waals surface area contributed by atoms with E-state index in [0.29, 0.717) is 33.6 Å². The van der Waals surface area contributed by atoms with Crippen molar-refractivity contribution in [1.29, 1.82) is 0 Å². The fraction of sp³-hybridized carbons (Fsp3) is 0. The van der Waals surface area contributed by atoms with E-state index in [0.717, 1.165) is 0 Å². The van der Waals surface area contributed by atoms with E-state index >= 15 is 0 Å². The normalized spacial score (nSPS) is 10.1. The second-order valence-electron chi connectivity index (χ2n) is 8.79. The largest absolute Gasteiger partial charge is 1.00 e. The molecule has 0 aliphatic rings. The monoisotopic (exact) mass is 563 g/mol. The van der Waals surface area contributed by atoms with Crippen LogP contribution < -0.4 is 56.7 Å². The molecule has 2 amide bonds. The molecule has 0 aliphatic heterocycles. The van der Waals surface area contributed by atoms with Gasteiger partial charge in [0.2, 0.25) is 0 Å². The van der Waals surface area contributed by atoms with Crippen LogP contribution in [0, 0.1) is 0 Å². The molecule has 0 unspecified atom stereocenters. The number of rotatable bonds is 8. The molecule has 0 bridgehead atoms. The van der Waals surface area contributed by atoms with Crippen molar-refractivity contribution in [3.63, 3.8) is 0 Å². The van der Waals surface area contributed by atoms with E-state index in [1.54, 1.807) is 103 Å². The summed E-state index contributed by atoms with van der Waals surface area (Å²) in [6, 6.07) is 35.2. The van der Waals surface area contributed by atoms with E-state index in [1.807, 2.05) is 12.1 Å². The predicted molar refractivity (Wildman–Crippen MR) is 152 cm³/mol. The van der Waals surface area contributed by atoms with Gasteiger partial charge in [-0.05, 0) is 36.4 Å². The second-order valence-corrected chi connectivity index (χ2v) is 8.79. The zero-order chi connectivity index (χ0) is 27.9. The first-order valence-electron chi connectivity index (χ1n) is 12.4. The molecule has 0 saturated carbocycles. The van der Waals surface area contributed by atoms with E-state index < -0.39 is 11.8 Å². The summed E-state index contributed by atoms with van der Waals surface area (Å²) in [6.45, 7) is 0. The van der Waals surface area contributed by atoms with Crippen LogP contribution in [0.4, 0.5) is 11.4 Å². The van der Waals surface area contributed by atoms with Crippen LogP contribution in [0.5, 0.6) is 0 Å². The number of carbonyl (C=O) groups is 4. The van der Waals surface area contributed by atoms with Crippen molar-refractivity contribution >= 4 is 34.8 Å². The van der Waals surface area contributed by atoms with Gasteiger partial charge in [-0.15, -0.1) is 5.69 Å². The Hall–Kier alpha value is -4.05. The van der Waals surface area contributed by atoms with Gasteiger partial charge < -0.3 is 15.4 Å². The zero-order valence-electron chi connectivity index (χ0n) is 22.2. The minimum Gasteiger partial charge on any atom is -0.621 e. The molecule has 0 atom stereocenters. The molecule has 1 heterocycles. The van der Waals surface area contributed by atoms with E-state index in [9.17, 15) is 19.2 Å². The predicted octanol–water partition coefficient (Wildman–Crippen LogP) is 3.65. The van der Waals surface area contributed by atoms with Crippen LogP contribution in [0.2, 0.25) is 0 Å². The van der Waals surface area contributed by atoms with Crippen molar-refractivity contribution in [2.45, 2.75) is 0 Å². The molecule has 0 fully saturated rings. The fourth-order valence-corrected chi connectivity index (χ4v) is 3.95. The standard InChI is InChI=1S/C33H23N3O4.K/c37-30(22-8-3-1-4-9-22)24-14-18-26(19-15-24)34-32(39)28-12-7-13-29(36-28)33(40)35-27-20-16-25(17-21-27)31(38)23-10-5-2-6-11-23;/h1-21H,(H2,34,35,37,38,39,40);/q;+1/p-1. The van der Waals surface area contributed by atoms with Crippen molar-refractivity contribution in [2.75, 3.05) is 5.32 Å². The van der Waals surface area contributed by atoms with Gasteiger partial charge in [-0.25, -0.2) is 4.98 Å². The van der Waals surface area contributed by atoms with Crippen molar-refractivity contribution in [2.24, 2.45) is 0 Å². The molecule has 4 aromatic carbocycles. The third-order valence-electron chi connectivity index (χ3n) is 6.04. The Kier molecular flexibility index (Phi) is 10.2. The van der Waals surface area contributed by atoms with E-state index in [2.05, 4.69) is 15.6 Å². The summed E-state index contributed by atoms with van der Waals surface area (Å²) in [5, 5.41) is 6.79. The van der Waals surface area contributed by atoms with Gasteiger partial charge in [-0.3, -0.25) is 14.4 Å². The number of aromatic nitrogens is 1. The first kappa shape index (κ1) is 29.9. The van der Waals surface area contributed by atoms with Gasteiger partial charge in [0.1, 0.15) is 11.6 Å². The Morgan fingerprint density at radius 1 is 0.512 bits per heavy atom. The molecule has 7 nitrogen and oxygen atoms in total. The maximum atomic E-state index is 12.8. The number of carbonyl (C=O) groups excluding carboxylic acids is 4. The molecule has 0 spiro atoms. The SMILES string of the molecule is O=C(c1ccccc1)c1ccc([N-]C(=O)c2cccc(C(=O)Nc3ccc(C(=O)c4ccccc4)cc3)n2)cc1.[K+]. The summed E-state index contributed by atoms with van der Waals surface area (Å²) in [5.74, 6) is -1.38. The van der Waals surface area contributed by atoms with Gasteiger partial charge in [-0.2, -0.15) is 0 Å². The molecule has 41 heavy (non-hydrogen) atoms. The van der Waals surface area contributed by atoms with Gasteiger partial charge in [-0.1, -0.05) is 91.0 Å². The number of benzene rings is 4. The Morgan fingerprint density at radius 2 is 0.976 bits per heavy atom. The number of ketones is 2. The quantitative estimate of drug-likeness (QED) is 0.229. The molecule has 1 aromatic heterocycles. The van der Waals surface area contributed by atoms with Gasteiger partial charge in [0, 0.05) is 27.9 Å². The van der Waals surface area contributed by atoms with Crippen molar-refractivity contribution in [3.8, 4) is 0 Å². The molecule has 8 heteroatoms. The van der Waals surface area contributed by atoms with Gasteiger partial charge in [0.15, 0.2) is 11.6 Å². The summed E-state index contributed by atoms with van der Waals surface area (Å²) >= 11 is 0. The molecule has 194 valence electrons. The molecule has 5 rings (SSSR count). The van der Waals surface area contributed by atoms with Crippen LogP contribution in [0.25, 0.3) is 5.32 Å². The first-order valence-corrected chi connectivity index (χ1v) is 12.4. The van der Waals surface area contributed by atoms with Crippen LogP contribution in [-0.2, 0) is 0 Å². The van der Waals surface area contributed by atoms with Crippen LogP contribution in [-0.4, -0.2) is 28.4 Å². The maximum absolute atomic E-state index is 12.8. The van der Waals surface area contributed by atoms with Crippen LogP contribution in [0.15, 0.2) is 127 Å². The number of anilines is 1. The molecular formula is C33H22KN3O4. The number of nitrogens with zero attached hydrogens (tertiary/aromatic N) is 2. The smallest absolute Gasteiger partial charge is 0.621 e. The van der Waals surface area contributed by atoms with Crippen molar-refractivity contribution in [1.82, 2.24) is 4.98 Å². The Morgan fingerprint density at radius 3 is 1.51 bits per heavy atom. The summed E-state index contributed by atoms with van der Waals surface area (Å²) < 4.78 is 0. The number of nitrogens with one attached hydrogen (secondary N) is 1. The summed E-state index contributed by atoms with van der Waals surface area (Å²) in [4.78, 5) is 54.9. The third-order valence-corrected chi connectivity index (χ3v) is 6.04. The molecular weight excluding hydrogens is 541 g/mol. The van der Waals surface area contributed by atoms with Crippen LogP contribution in [0.1, 0.15) is 52.8 Å². The molecule has 0 saturated heterocycles. The first-order chi connectivity index (χ1) is 19.5. The zero-order valence-corrected chi connectivity index (χ0v) is 25.3. The van der Waals surface area contributed by atoms with E-state index in [4.69, 9.17) is 0 Å². The molecule has 5 aromatic rings. The van der Waals surface area contributed by atoms with E-state index in [-0.39, 0.29) is 74.3 Å². The average Bonchev–Trinajstić information content (AvgIpc) is 3.02. The average molecular weight is 564 g/mol. The minimum atomic E-state index is -0.624. The third kappa shape index (κ3) is 7.58. The summed E-state index contributed by atoms with van der Waals surface area (Å²) in [6.07, 6.45) is 0. The summed E-state index contributed by atoms with van der Waals surface area (Å²) in [5.41, 5.74) is 2.99. The Labute approximate surface area is 279 Å². The summed E-state index contributed by atoms with van der Waals surface area (Å²) in [7, 11) is 0. The Balaban J connectivity index is 0.00000387. The second kappa shape index (κ2) is 14.0. The topological polar surface area (TPSA) is 107 Å². The van der Waals surface area contributed by atoms with E-state index in [1.165, 1.54) is 12.1 Å². The molecule has 0 aliphatic carbocycles. The van der Waals surface area contributed by atoms with Gasteiger partial charge in [0.25, 0.3) is 5.91 Å². The number of hydrogen-bond acceptors (Lipinski definition) is 5. The number of hydrogen-bond donors (Lipinski definition) is 1. The van der Waals surface area contributed by atoms with Gasteiger partial charge in [0.05, 0.1) is 5.69 Å². The maximum Gasteiger partial charge on any atom is 1.00 e. The minimum absolute atomic E-state index is 0. The van der Waals surface area contributed by atoms with Crippen molar-refractivity contribution < 1.29 is 70.6 Å².